The first-order chi connectivity index (χ1) is 16.5. The quantitative estimate of drug-likeness (QED) is 0.434. The van der Waals surface area contributed by atoms with Crippen LogP contribution in [0.5, 0.6) is 5.75 Å². The molecule has 34 heavy (non-hydrogen) atoms. The van der Waals surface area contributed by atoms with E-state index in [1.165, 1.54) is 0 Å². The van der Waals surface area contributed by atoms with Gasteiger partial charge in [0.25, 0.3) is 0 Å². The number of carbonyl (C=O) groups excluding carboxylic acids is 1. The Morgan fingerprint density at radius 1 is 1.15 bits per heavy atom. The fourth-order valence-electron chi connectivity index (χ4n) is 4.69. The number of hydrogen-bond donors (Lipinski definition) is 1. The lowest BCUT2D eigenvalue weighted by molar-refractivity contribution is -0.129. The molecule has 1 atom stereocenters. The van der Waals surface area contributed by atoms with Crippen molar-refractivity contribution in [2.24, 2.45) is 0 Å². The smallest absolute Gasteiger partial charge is 0.242 e. The number of hydrogen-bond acceptors (Lipinski definition) is 5. The summed E-state index contributed by atoms with van der Waals surface area (Å²) in [5.41, 5.74) is 5.33. The third kappa shape index (κ3) is 4.02. The Kier molecular flexibility index (Phi) is 5.98. The molecule has 0 spiro atoms. The maximum Gasteiger partial charge on any atom is 0.242 e. The standard InChI is InChI=1S/C26H26ClN5O2/c1-16-23(17(2)32(30-16)20-7-5-4-6-8-20)24-26(33)28-11-12-31(24)15-19-13-18-9-10-21(34-3)14-22(18)29-25(19)27/h4-10,13-14,24H,11-12,15H2,1-3H3,(H,28,33). The SMILES string of the molecule is COc1ccc2cc(CN3CCNC(=O)C3c3c(C)nn(-c4ccccc4)c3C)c(Cl)nc2c1. The number of nitrogens with one attached hydrogen (secondary N) is 1. The average molecular weight is 476 g/mol. The maximum absolute atomic E-state index is 13.2. The van der Waals surface area contributed by atoms with Gasteiger partial charge >= 0.3 is 0 Å². The molecule has 2 aromatic carbocycles. The third-order valence-corrected chi connectivity index (χ3v) is 6.68. The second kappa shape index (κ2) is 9.08. The largest absolute Gasteiger partial charge is 0.497 e. The molecule has 1 amide bonds. The van der Waals surface area contributed by atoms with Crippen LogP contribution in [0.25, 0.3) is 16.6 Å². The molecular weight excluding hydrogens is 450 g/mol. The number of pyridine rings is 1. The highest BCUT2D eigenvalue weighted by Crippen LogP contribution is 2.33. The number of benzene rings is 2. The van der Waals surface area contributed by atoms with Crippen molar-refractivity contribution in [3.8, 4) is 11.4 Å². The van der Waals surface area contributed by atoms with Crippen LogP contribution < -0.4 is 10.1 Å². The molecule has 1 N–H and O–H groups in total. The van der Waals surface area contributed by atoms with Crippen LogP contribution in [-0.2, 0) is 11.3 Å². The van der Waals surface area contributed by atoms with Crippen molar-refractivity contribution < 1.29 is 9.53 Å². The summed E-state index contributed by atoms with van der Waals surface area (Å²) in [6.45, 7) is 5.75. The molecule has 1 unspecified atom stereocenters. The minimum Gasteiger partial charge on any atom is -0.497 e. The average Bonchev–Trinajstić information content (AvgIpc) is 3.13. The van der Waals surface area contributed by atoms with E-state index in [1.54, 1.807) is 7.11 Å². The highest BCUT2D eigenvalue weighted by molar-refractivity contribution is 6.30. The monoisotopic (exact) mass is 475 g/mol. The number of nitrogens with zero attached hydrogens (tertiary/aromatic N) is 4. The van der Waals surface area contributed by atoms with Crippen molar-refractivity contribution in [1.82, 2.24) is 25.0 Å². The van der Waals surface area contributed by atoms with Crippen LogP contribution in [-0.4, -0.2) is 45.8 Å². The molecule has 0 bridgehead atoms. The van der Waals surface area contributed by atoms with E-state index in [0.717, 1.165) is 44.9 Å². The Balaban J connectivity index is 1.52. The fraction of sp³-hybridized carbons (Fsp3) is 0.269. The Morgan fingerprint density at radius 3 is 2.71 bits per heavy atom. The van der Waals surface area contributed by atoms with E-state index < -0.39 is 6.04 Å². The first kappa shape index (κ1) is 22.4. The van der Waals surface area contributed by atoms with Gasteiger partial charge in [-0.2, -0.15) is 5.10 Å². The second-order valence-corrected chi connectivity index (χ2v) is 8.85. The zero-order valence-corrected chi connectivity index (χ0v) is 20.1. The molecule has 7 nitrogen and oxygen atoms in total. The third-order valence-electron chi connectivity index (χ3n) is 6.36. The molecule has 0 aliphatic carbocycles. The lowest BCUT2D eigenvalue weighted by Gasteiger charge is -2.35. The van der Waals surface area contributed by atoms with Gasteiger partial charge in [0.15, 0.2) is 0 Å². The summed E-state index contributed by atoms with van der Waals surface area (Å²) < 4.78 is 7.21. The number of aryl methyl sites for hydroxylation is 1. The van der Waals surface area contributed by atoms with Gasteiger partial charge in [-0.05, 0) is 44.2 Å². The summed E-state index contributed by atoms with van der Waals surface area (Å²) in [7, 11) is 1.63. The molecule has 174 valence electrons. The molecular formula is C26H26ClN5O2. The topological polar surface area (TPSA) is 72.3 Å². The van der Waals surface area contributed by atoms with Gasteiger partial charge in [-0.1, -0.05) is 29.8 Å². The van der Waals surface area contributed by atoms with E-state index in [0.29, 0.717) is 24.8 Å². The van der Waals surface area contributed by atoms with Gasteiger partial charge < -0.3 is 10.1 Å². The van der Waals surface area contributed by atoms with Crippen molar-refractivity contribution in [3.63, 3.8) is 0 Å². The number of amides is 1. The predicted octanol–water partition coefficient (Wildman–Crippen LogP) is 4.37. The van der Waals surface area contributed by atoms with Crippen LogP contribution in [0, 0.1) is 13.8 Å². The van der Waals surface area contributed by atoms with E-state index in [2.05, 4.69) is 15.2 Å². The number of methoxy groups -OCH3 is 1. The summed E-state index contributed by atoms with van der Waals surface area (Å²) in [5, 5.41) is 9.20. The highest BCUT2D eigenvalue weighted by Gasteiger charge is 2.35. The summed E-state index contributed by atoms with van der Waals surface area (Å²) in [5.74, 6) is 0.706. The van der Waals surface area contributed by atoms with E-state index in [1.807, 2.05) is 73.1 Å². The summed E-state index contributed by atoms with van der Waals surface area (Å²) >= 11 is 6.60. The van der Waals surface area contributed by atoms with Crippen molar-refractivity contribution in [1.29, 1.82) is 0 Å². The highest BCUT2D eigenvalue weighted by atomic mass is 35.5. The van der Waals surface area contributed by atoms with E-state index in [9.17, 15) is 4.79 Å². The molecule has 1 fully saturated rings. The molecule has 1 saturated heterocycles. The Hall–Kier alpha value is -3.42. The molecule has 0 saturated carbocycles. The molecule has 5 rings (SSSR count). The normalized spacial score (nSPS) is 16.6. The lowest BCUT2D eigenvalue weighted by Crippen LogP contribution is -2.49. The van der Waals surface area contributed by atoms with Crippen molar-refractivity contribution in [3.05, 3.63) is 82.3 Å². The Bertz CT molecular complexity index is 1370. The van der Waals surface area contributed by atoms with Gasteiger partial charge in [-0.3, -0.25) is 9.69 Å². The zero-order chi connectivity index (χ0) is 23.8. The number of halogens is 1. The first-order valence-corrected chi connectivity index (χ1v) is 11.6. The number of piperazine rings is 1. The lowest BCUT2D eigenvalue weighted by atomic mass is 9.99. The van der Waals surface area contributed by atoms with Gasteiger partial charge in [0, 0.05) is 47.9 Å². The van der Waals surface area contributed by atoms with Crippen molar-refractivity contribution in [2.45, 2.75) is 26.4 Å². The zero-order valence-electron chi connectivity index (χ0n) is 19.4. The first-order valence-electron chi connectivity index (χ1n) is 11.2. The number of carbonyl (C=O) groups is 1. The number of fused-ring (bicyclic) bond motifs is 1. The molecule has 1 aliphatic rings. The molecule has 8 heteroatoms. The Morgan fingerprint density at radius 2 is 1.94 bits per heavy atom. The second-order valence-electron chi connectivity index (χ2n) is 8.49. The van der Waals surface area contributed by atoms with Crippen LogP contribution in [0.2, 0.25) is 5.15 Å². The molecule has 3 heterocycles. The van der Waals surface area contributed by atoms with Crippen LogP contribution in [0.3, 0.4) is 0 Å². The number of rotatable bonds is 5. The van der Waals surface area contributed by atoms with Crippen LogP contribution in [0.1, 0.15) is 28.6 Å². The van der Waals surface area contributed by atoms with E-state index in [-0.39, 0.29) is 5.91 Å². The van der Waals surface area contributed by atoms with Gasteiger partial charge in [-0.15, -0.1) is 0 Å². The summed E-state index contributed by atoms with van der Waals surface area (Å²) in [6.07, 6.45) is 0. The minimum absolute atomic E-state index is 0.0281. The molecule has 4 aromatic rings. The summed E-state index contributed by atoms with van der Waals surface area (Å²) in [4.78, 5) is 19.9. The van der Waals surface area contributed by atoms with Gasteiger partial charge in [0.05, 0.1) is 24.0 Å². The summed E-state index contributed by atoms with van der Waals surface area (Å²) in [6, 6.07) is 17.3. The predicted molar refractivity (Wildman–Crippen MR) is 133 cm³/mol. The van der Waals surface area contributed by atoms with Crippen LogP contribution in [0.4, 0.5) is 0 Å². The van der Waals surface area contributed by atoms with Gasteiger partial charge in [0.2, 0.25) is 5.91 Å². The van der Waals surface area contributed by atoms with E-state index >= 15 is 0 Å². The van der Waals surface area contributed by atoms with Gasteiger partial charge in [0.1, 0.15) is 16.9 Å². The van der Waals surface area contributed by atoms with Gasteiger partial charge in [-0.25, -0.2) is 9.67 Å². The maximum atomic E-state index is 13.2. The van der Waals surface area contributed by atoms with Crippen molar-refractivity contribution in [2.75, 3.05) is 20.2 Å². The molecule has 1 aliphatic heterocycles. The molecule has 0 radical (unpaired) electrons. The molecule has 2 aromatic heterocycles. The minimum atomic E-state index is -0.464. The Labute approximate surface area is 203 Å². The van der Waals surface area contributed by atoms with Crippen LogP contribution >= 0.6 is 11.6 Å². The van der Waals surface area contributed by atoms with Crippen molar-refractivity contribution >= 4 is 28.4 Å². The number of ether oxygens (including phenoxy) is 1. The number of aromatic nitrogens is 3. The van der Waals surface area contributed by atoms with E-state index in [4.69, 9.17) is 21.4 Å². The number of para-hydroxylation sites is 1. The van der Waals surface area contributed by atoms with Crippen LogP contribution in [0.15, 0.2) is 54.6 Å². The fourth-order valence-corrected chi connectivity index (χ4v) is 4.90.